The molecule has 1 atom stereocenters. The van der Waals surface area contributed by atoms with Crippen molar-refractivity contribution < 1.29 is 0 Å². The van der Waals surface area contributed by atoms with Crippen molar-refractivity contribution in [3.63, 3.8) is 0 Å². The maximum Gasteiger partial charge on any atom is 0.0470 e. The van der Waals surface area contributed by atoms with Gasteiger partial charge in [0.2, 0.25) is 0 Å². The molecule has 0 radical (unpaired) electrons. The van der Waals surface area contributed by atoms with Crippen molar-refractivity contribution in [1.82, 2.24) is 0 Å². The predicted molar refractivity (Wildman–Crippen MR) is 294 cm³/mol. The number of aryl methyl sites for hydroxylation is 6. The van der Waals surface area contributed by atoms with Crippen LogP contribution in [0.5, 0.6) is 0 Å². The monoisotopic (exact) mass is 890 g/mol. The number of hydrogen-bond donors (Lipinski definition) is 1. The molecule has 0 amide bonds. The molecule has 0 aromatic heterocycles. The van der Waals surface area contributed by atoms with E-state index in [-0.39, 0.29) is 16.7 Å². The fraction of sp³-hybridized carbons (Fsp3) is 0.375. The highest BCUT2D eigenvalue weighted by Gasteiger charge is 2.30. The highest BCUT2D eigenvalue weighted by atomic mass is 15.1. The normalized spacial score (nSPS) is 12.5. The summed E-state index contributed by atoms with van der Waals surface area (Å²) in [6.07, 6.45) is 3.29. The van der Waals surface area contributed by atoms with Crippen molar-refractivity contribution >= 4 is 39.2 Å². The van der Waals surface area contributed by atoms with Gasteiger partial charge in [-0.05, 0) is 163 Å². The van der Waals surface area contributed by atoms with Gasteiger partial charge < -0.3 is 15.1 Å². The van der Waals surface area contributed by atoms with Crippen LogP contribution in [-0.2, 0) is 6.54 Å². The van der Waals surface area contributed by atoms with Crippen molar-refractivity contribution in [3.05, 3.63) is 195 Å². The summed E-state index contributed by atoms with van der Waals surface area (Å²) in [5.74, 6) is 0.517. The van der Waals surface area contributed by atoms with Gasteiger partial charge in [-0.1, -0.05) is 170 Å². The van der Waals surface area contributed by atoms with Gasteiger partial charge in [-0.3, -0.25) is 0 Å². The number of fused-ring (bicyclic) bond motifs is 1. The standard InChI is InChI=1S/C64H79N3/c1-15-35-66(61-45(5)37-43(3)38-46(61)6)53-29-25-51(26-30-53)60(52-27-31-54(32-28-52)67(36-16-2)62-47(7)39-44(4)40-48(62)8)57-33-34-59(56-20-18-17-19-55(56)57)65-42-49-21-23-50(24-22-49)58(64(12,13)14)41-63(9,10)11/h17-34,37-40,58,60,65H,15-16,35-36,41-42H2,1-14H3. The van der Waals surface area contributed by atoms with Crippen molar-refractivity contribution in [2.45, 2.75) is 135 Å². The first-order valence-electron chi connectivity index (χ1n) is 25.1. The lowest BCUT2D eigenvalue weighted by Crippen LogP contribution is -2.23. The molecule has 7 rings (SSSR count). The lowest BCUT2D eigenvalue weighted by molar-refractivity contribution is 0.229. The zero-order valence-corrected chi connectivity index (χ0v) is 43.5. The minimum absolute atomic E-state index is 0.0170. The summed E-state index contributed by atoms with van der Waals surface area (Å²) in [4.78, 5) is 5.04. The van der Waals surface area contributed by atoms with Gasteiger partial charge in [-0.2, -0.15) is 0 Å². The van der Waals surface area contributed by atoms with E-state index >= 15 is 0 Å². The molecule has 0 saturated heterocycles. The van der Waals surface area contributed by atoms with E-state index in [1.807, 2.05) is 0 Å². The van der Waals surface area contributed by atoms with Crippen LogP contribution in [0.15, 0.2) is 133 Å². The van der Waals surface area contributed by atoms with E-state index in [4.69, 9.17) is 0 Å². The van der Waals surface area contributed by atoms with Gasteiger partial charge in [-0.25, -0.2) is 0 Å². The third kappa shape index (κ3) is 11.3. The largest absolute Gasteiger partial charge is 0.380 e. The number of hydrogen-bond acceptors (Lipinski definition) is 3. The highest BCUT2D eigenvalue weighted by molar-refractivity contribution is 5.97. The van der Waals surface area contributed by atoms with Crippen molar-refractivity contribution in [2.75, 3.05) is 28.2 Å². The Bertz CT molecular complexity index is 2600. The van der Waals surface area contributed by atoms with Gasteiger partial charge >= 0.3 is 0 Å². The van der Waals surface area contributed by atoms with Crippen LogP contribution in [0, 0.1) is 52.4 Å². The van der Waals surface area contributed by atoms with E-state index < -0.39 is 0 Å². The smallest absolute Gasteiger partial charge is 0.0470 e. The first-order chi connectivity index (χ1) is 31.9. The van der Waals surface area contributed by atoms with Crippen molar-refractivity contribution in [3.8, 4) is 0 Å². The molecule has 0 bridgehead atoms. The maximum atomic E-state index is 3.88. The van der Waals surface area contributed by atoms with Crippen molar-refractivity contribution in [2.24, 2.45) is 10.8 Å². The minimum atomic E-state index is 0.0170. The molecule has 7 aromatic rings. The van der Waals surface area contributed by atoms with Crippen LogP contribution in [0.1, 0.15) is 148 Å². The predicted octanol–water partition coefficient (Wildman–Crippen LogP) is 18.1. The van der Waals surface area contributed by atoms with E-state index in [1.165, 1.54) is 94.7 Å². The Morgan fingerprint density at radius 3 is 1.34 bits per heavy atom. The van der Waals surface area contributed by atoms with E-state index in [9.17, 15) is 0 Å². The maximum absolute atomic E-state index is 3.88. The molecule has 0 aliphatic carbocycles. The Morgan fingerprint density at radius 1 is 0.493 bits per heavy atom. The molecular formula is C64H79N3. The third-order valence-corrected chi connectivity index (χ3v) is 13.8. The zero-order valence-electron chi connectivity index (χ0n) is 43.5. The molecule has 0 aliphatic rings. The molecule has 3 nitrogen and oxygen atoms in total. The third-order valence-electron chi connectivity index (χ3n) is 13.8. The van der Waals surface area contributed by atoms with Gasteiger partial charge in [0.1, 0.15) is 0 Å². The first-order valence-corrected chi connectivity index (χ1v) is 25.1. The molecule has 0 heterocycles. The summed E-state index contributed by atoms with van der Waals surface area (Å²) in [7, 11) is 0. The quantitative estimate of drug-likeness (QED) is 0.0976. The molecule has 7 aromatic carbocycles. The summed E-state index contributed by atoms with van der Waals surface area (Å²) < 4.78 is 0. The van der Waals surface area contributed by atoms with Gasteiger partial charge in [0.05, 0.1) is 0 Å². The Hall–Kier alpha value is -5.80. The second kappa shape index (κ2) is 20.6. The summed E-state index contributed by atoms with van der Waals surface area (Å²) in [5.41, 5.74) is 21.2. The first kappa shape index (κ1) is 49.1. The molecular weight excluding hydrogens is 811 g/mol. The van der Waals surface area contributed by atoms with Gasteiger partial charge in [0.15, 0.2) is 0 Å². The number of benzene rings is 7. The van der Waals surface area contributed by atoms with Crippen LogP contribution in [-0.4, -0.2) is 13.1 Å². The Kier molecular flexibility index (Phi) is 15.1. The molecule has 350 valence electrons. The summed E-state index contributed by atoms with van der Waals surface area (Å²) in [5, 5.41) is 6.39. The minimum Gasteiger partial charge on any atom is -0.380 e. The Morgan fingerprint density at radius 2 is 0.925 bits per heavy atom. The second-order valence-corrected chi connectivity index (χ2v) is 21.9. The van der Waals surface area contributed by atoms with E-state index in [0.29, 0.717) is 5.92 Å². The second-order valence-electron chi connectivity index (χ2n) is 21.9. The number of rotatable bonds is 16. The molecule has 0 saturated carbocycles. The molecule has 0 aliphatic heterocycles. The molecule has 3 heteroatoms. The summed E-state index contributed by atoms with van der Waals surface area (Å²) in [6.45, 7) is 34.9. The SMILES string of the molecule is CCCN(c1ccc(C(c2ccc(N(CCC)c3c(C)cc(C)cc3C)cc2)c2ccc(NCc3ccc(C(CC(C)(C)C)C(C)(C)C)cc3)c3ccccc23)cc1)c1c(C)cc(C)cc1C. The van der Waals surface area contributed by atoms with Gasteiger partial charge in [0, 0.05) is 59.4 Å². The van der Waals surface area contributed by atoms with Crippen LogP contribution < -0.4 is 15.1 Å². The molecule has 67 heavy (non-hydrogen) atoms. The lowest BCUT2D eigenvalue weighted by atomic mass is 9.69. The van der Waals surface area contributed by atoms with Gasteiger partial charge in [0.25, 0.3) is 0 Å². The van der Waals surface area contributed by atoms with E-state index in [2.05, 4.69) is 246 Å². The van der Waals surface area contributed by atoms with E-state index in [1.54, 1.807) is 0 Å². The van der Waals surface area contributed by atoms with Crippen molar-refractivity contribution in [1.29, 1.82) is 0 Å². The van der Waals surface area contributed by atoms with E-state index in [0.717, 1.165) is 44.6 Å². The number of anilines is 5. The highest BCUT2D eigenvalue weighted by Crippen LogP contribution is 2.44. The number of nitrogens with one attached hydrogen (secondary N) is 1. The Labute approximate surface area is 405 Å². The molecule has 1 unspecified atom stereocenters. The summed E-state index contributed by atoms with van der Waals surface area (Å²) >= 11 is 0. The van der Waals surface area contributed by atoms with Crippen LogP contribution in [0.25, 0.3) is 10.8 Å². The Balaban J connectivity index is 1.28. The fourth-order valence-corrected chi connectivity index (χ4v) is 11.0. The zero-order chi connectivity index (χ0) is 48.2. The number of nitrogens with zero attached hydrogens (tertiary/aromatic N) is 2. The van der Waals surface area contributed by atoms with Crippen LogP contribution in [0.4, 0.5) is 28.4 Å². The average Bonchev–Trinajstić information content (AvgIpc) is 3.27. The lowest BCUT2D eigenvalue weighted by Gasteiger charge is -2.36. The van der Waals surface area contributed by atoms with Crippen LogP contribution in [0.2, 0.25) is 0 Å². The molecule has 1 N–H and O–H groups in total. The molecule has 0 fully saturated rings. The molecule has 0 spiro atoms. The van der Waals surface area contributed by atoms with Gasteiger partial charge in [-0.15, -0.1) is 0 Å². The van der Waals surface area contributed by atoms with Crippen LogP contribution >= 0.6 is 0 Å². The fourth-order valence-electron chi connectivity index (χ4n) is 11.0. The topological polar surface area (TPSA) is 18.5 Å². The van der Waals surface area contributed by atoms with Crippen LogP contribution in [0.3, 0.4) is 0 Å². The summed E-state index contributed by atoms with van der Waals surface area (Å²) in [6, 6.07) is 51.3. The average molecular weight is 890 g/mol.